The summed E-state index contributed by atoms with van der Waals surface area (Å²) in [5.74, 6) is 1.54. The number of nitrogens with zero attached hydrogens (tertiary/aromatic N) is 4. The van der Waals surface area contributed by atoms with Crippen LogP contribution in [0.2, 0.25) is 0 Å². The predicted octanol–water partition coefficient (Wildman–Crippen LogP) is 1.27. The van der Waals surface area contributed by atoms with Crippen molar-refractivity contribution < 1.29 is 0 Å². The van der Waals surface area contributed by atoms with E-state index >= 15 is 0 Å². The van der Waals surface area contributed by atoms with Crippen molar-refractivity contribution in [2.75, 3.05) is 0 Å². The van der Waals surface area contributed by atoms with E-state index < -0.39 is 0 Å². The summed E-state index contributed by atoms with van der Waals surface area (Å²) >= 11 is 0. The maximum atomic E-state index is 5.63. The smallest absolute Gasteiger partial charge is 0.165 e. The van der Waals surface area contributed by atoms with Crippen LogP contribution in [0.3, 0.4) is 0 Å². The lowest BCUT2D eigenvalue weighted by Gasteiger charge is -2.30. The molecule has 0 saturated heterocycles. The zero-order valence-corrected chi connectivity index (χ0v) is 9.26. The van der Waals surface area contributed by atoms with Crippen molar-refractivity contribution in [2.45, 2.75) is 51.6 Å². The van der Waals surface area contributed by atoms with Crippen molar-refractivity contribution in [2.24, 2.45) is 11.7 Å². The lowest BCUT2D eigenvalue weighted by molar-refractivity contribution is 0.210. The molecular formula is C10H19N5. The van der Waals surface area contributed by atoms with Gasteiger partial charge in [0.15, 0.2) is 5.82 Å². The Kier molecular flexibility index (Phi) is 3.30. The molecule has 15 heavy (non-hydrogen) atoms. The van der Waals surface area contributed by atoms with Gasteiger partial charge in [-0.2, -0.15) is 0 Å². The third kappa shape index (κ3) is 2.02. The van der Waals surface area contributed by atoms with E-state index in [1.54, 1.807) is 0 Å². The lowest BCUT2D eigenvalue weighted by atomic mass is 9.83. The van der Waals surface area contributed by atoms with E-state index in [4.69, 9.17) is 5.73 Å². The molecule has 84 valence electrons. The quantitative estimate of drug-likeness (QED) is 0.814. The van der Waals surface area contributed by atoms with E-state index in [0.29, 0.717) is 18.5 Å². The summed E-state index contributed by atoms with van der Waals surface area (Å²) in [5.41, 5.74) is 5.63. The molecule has 5 nitrogen and oxygen atoms in total. The Morgan fingerprint density at radius 1 is 1.40 bits per heavy atom. The van der Waals surface area contributed by atoms with Crippen LogP contribution in [0.5, 0.6) is 0 Å². The summed E-state index contributed by atoms with van der Waals surface area (Å²) in [4.78, 5) is 0. The number of hydrogen-bond donors (Lipinski definition) is 1. The number of rotatable bonds is 3. The molecule has 2 rings (SSSR count). The molecule has 1 aromatic rings. The Hall–Kier alpha value is -0.970. The van der Waals surface area contributed by atoms with Crippen LogP contribution in [-0.4, -0.2) is 20.2 Å². The van der Waals surface area contributed by atoms with Crippen molar-refractivity contribution in [1.29, 1.82) is 0 Å². The second-order valence-electron chi connectivity index (χ2n) is 4.26. The monoisotopic (exact) mass is 209 g/mol. The average Bonchev–Trinajstić information content (AvgIpc) is 2.76. The number of nitrogens with two attached hydrogens (primary N) is 1. The molecule has 1 aliphatic carbocycles. The fraction of sp³-hybridized carbons (Fsp3) is 0.900. The first-order valence-corrected chi connectivity index (χ1v) is 5.83. The Balaban J connectivity index is 2.20. The highest BCUT2D eigenvalue weighted by molar-refractivity contribution is 4.87. The van der Waals surface area contributed by atoms with Crippen molar-refractivity contribution in [3.8, 4) is 0 Å². The standard InChI is InChI=1S/C10H19N5/c1-2-8-5-3-4-6-9(8)15-10(7-11)12-13-14-15/h8-9H,2-7,11H2,1H3. The van der Waals surface area contributed by atoms with Crippen molar-refractivity contribution in [3.05, 3.63) is 5.82 Å². The molecular weight excluding hydrogens is 190 g/mol. The summed E-state index contributed by atoms with van der Waals surface area (Å²) in [5, 5.41) is 11.8. The molecule has 2 unspecified atom stereocenters. The van der Waals surface area contributed by atoms with Crippen molar-refractivity contribution in [1.82, 2.24) is 20.2 Å². The first-order chi connectivity index (χ1) is 7.36. The van der Waals surface area contributed by atoms with Gasteiger partial charge in [0, 0.05) is 0 Å². The van der Waals surface area contributed by atoms with Crippen LogP contribution in [0.4, 0.5) is 0 Å². The third-order valence-corrected chi connectivity index (χ3v) is 3.45. The van der Waals surface area contributed by atoms with Gasteiger partial charge < -0.3 is 5.73 Å². The summed E-state index contributed by atoms with van der Waals surface area (Å²) in [6, 6.07) is 0.470. The van der Waals surface area contributed by atoms with Crippen LogP contribution >= 0.6 is 0 Å². The Labute approximate surface area is 90.0 Å². The minimum atomic E-state index is 0.430. The fourth-order valence-electron chi connectivity index (χ4n) is 2.59. The summed E-state index contributed by atoms with van der Waals surface area (Å²) in [7, 11) is 0. The van der Waals surface area contributed by atoms with E-state index in [-0.39, 0.29) is 0 Å². The van der Waals surface area contributed by atoms with Gasteiger partial charge in [0.2, 0.25) is 0 Å². The molecule has 1 saturated carbocycles. The largest absolute Gasteiger partial charge is 0.324 e. The molecule has 0 spiro atoms. The van der Waals surface area contributed by atoms with Crippen molar-refractivity contribution >= 4 is 0 Å². The van der Waals surface area contributed by atoms with Gasteiger partial charge in [-0.1, -0.05) is 26.2 Å². The Morgan fingerprint density at radius 3 is 2.93 bits per heavy atom. The fourth-order valence-corrected chi connectivity index (χ4v) is 2.59. The maximum absolute atomic E-state index is 5.63. The van der Waals surface area contributed by atoms with Gasteiger partial charge in [0.25, 0.3) is 0 Å². The average molecular weight is 209 g/mol. The summed E-state index contributed by atoms with van der Waals surface area (Å²) in [6.45, 7) is 2.68. The topological polar surface area (TPSA) is 69.6 Å². The summed E-state index contributed by atoms with van der Waals surface area (Å²) < 4.78 is 1.95. The third-order valence-electron chi connectivity index (χ3n) is 3.45. The molecule has 1 fully saturated rings. The molecule has 0 amide bonds. The highest BCUT2D eigenvalue weighted by atomic mass is 15.6. The van der Waals surface area contributed by atoms with Gasteiger partial charge in [0.05, 0.1) is 12.6 Å². The zero-order chi connectivity index (χ0) is 10.7. The van der Waals surface area contributed by atoms with Gasteiger partial charge in [-0.15, -0.1) is 5.10 Å². The van der Waals surface area contributed by atoms with E-state index in [2.05, 4.69) is 22.4 Å². The van der Waals surface area contributed by atoms with E-state index in [9.17, 15) is 0 Å². The van der Waals surface area contributed by atoms with E-state index in [1.807, 2.05) is 4.68 Å². The second-order valence-corrected chi connectivity index (χ2v) is 4.26. The molecule has 1 aliphatic rings. The molecule has 5 heteroatoms. The second kappa shape index (κ2) is 4.70. The van der Waals surface area contributed by atoms with Crippen LogP contribution in [0.1, 0.15) is 50.9 Å². The minimum Gasteiger partial charge on any atom is -0.324 e. The highest BCUT2D eigenvalue weighted by Crippen LogP contribution is 2.35. The summed E-state index contributed by atoms with van der Waals surface area (Å²) in [6.07, 6.45) is 6.32. The van der Waals surface area contributed by atoms with Gasteiger partial charge in [-0.3, -0.25) is 0 Å². The molecule has 0 bridgehead atoms. The van der Waals surface area contributed by atoms with Crippen LogP contribution in [0.15, 0.2) is 0 Å². The predicted molar refractivity (Wildman–Crippen MR) is 57.0 cm³/mol. The molecule has 2 atom stereocenters. The Morgan fingerprint density at radius 2 is 2.20 bits per heavy atom. The van der Waals surface area contributed by atoms with Crippen LogP contribution in [0, 0.1) is 5.92 Å². The Bertz CT molecular complexity index is 309. The van der Waals surface area contributed by atoms with Gasteiger partial charge in [0.1, 0.15) is 0 Å². The van der Waals surface area contributed by atoms with Crippen LogP contribution in [0.25, 0.3) is 0 Å². The number of tetrazole rings is 1. The highest BCUT2D eigenvalue weighted by Gasteiger charge is 2.27. The minimum absolute atomic E-state index is 0.430. The lowest BCUT2D eigenvalue weighted by Crippen LogP contribution is -2.26. The van der Waals surface area contributed by atoms with Gasteiger partial charge >= 0.3 is 0 Å². The van der Waals surface area contributed by atoms with E-state index in [0.717, 1.165) is 5.82 Å². The molecule has 0 aromatic carbocycles. The SMILES string of the molecule is CCC1CCCCC1n1nnnc1CN. The van der Waals surface area contributed by atoms with Gasteiger partial charge in [-0.25, -0.2) is 4.68 Å². The van der Waals surface area contributed by atoms with Crippen LogP contribution in [-0.2, 0) is 6.54 Å². The zero-order valence-electron chi connectivity index (χ0n) is 9.26. The molecule has 0 radical (unpaired) electrons. The van der Waals surface area contributed by atoms with E-state index in [1.165, 1.54) is 32.1 Å². The molecule has 1 aromatic heterocycles. The molecule has 0 aliphatic heterocycles. The molecule has 2 N–H and O–H groups in total. The first kappa shape index (κ1) is 10.5. The number of aromatic nitrogens is 4. The maximum Gasteiger partial charge on any atom is 0.165 e. The number of hydrogen-bond acceptors (Lipinski definition) is 4. The first-order valence-electron chi connectivity index (χ1n) is 5.83. The van der Waals surface area contributed by atoms with Gasteiger partial charge in [-0.05, 0) is 29.2 Å². The molecule has 1 heterocycles. The normalized spacial score (nSPS) is 26.8. The van der Waals surface area contributed by atoms with Crippen LogP contribution < -0.4 is 5.73 Å². The van der Waals surface area contributed by atoms with Crippen molar-refractivity contribution in [3.63, 3.8) is 0 Å².